The lowest BCUT2D eigenvalue weighted by molar-refractivity contribution is 0.102. The number of hydrogen-bond donors (Lipinski definition) is 5. The highest BCUT2D eigenvalue weighted by atomic mass is 35.5. The predicted octanol–water partition coefficient (Wildman–Crippen LogP) is 4.06. The first-order chi connectivity index (χ1) is 16.4. The molecule has 1 aromatic carbocycles. The van der Waals surface area contributed by atoms with Crippen LogP contribution in [0.25, 0.3) is 0 Å². The fourth-order valence-corrected chi connectivity index (χ4v) is 4.58. The van der Waals surface area contributed by atoms with E-state index in [1.54, 1.807) is 11.9 Å². The first-order valence-corrected chi connectivity index (χ1v) is 12.5. The van der Waals surface area contributed by atoms with E-state index in [2.05, 4.69) is 16.1 Å². The Hall–Kier alpha value is -2.07. The topological polar surface area (TPSA) is 123 Å². The van der Waals surface area contributed by atoms with Crippen LogP contribution in [0.1, 0.15) is 56.4 Å². The van der Waals surface area contributed by atoms with Gasteiger partial charge in [0.05, 0.1) is 0 Å². The highest BCUT2D eigenvalue weighted by Gasteiger charge is 2.22. The molecular formula is C24H39ClN4O5. The minimum absolute atomic E-state index is 0.141. The lowest BCUT2D eigenvalue weighted by Gasteiger charge is -2.27. The van der Waals surface area contributed by atoms with Gasteiger partial charge in [-0.1, -0.05) is 30.2 Å². The Kier molecular flexibility index (Phi) is 13.1. The molecule has 1 saturated heterocycles. The maximum Gasteiger partial charge on any atom is 0.404 e. The second kappa shape index (κ2) is 15.8. The van der Waals surface area contributed by atoms with Gasteiger partial charge in [-0.2, -0.15) is 0 Å². The molecule has 0 aromatic heterocycles. The zero-order chi connectivity index (χ0) is 24.8. The van der Waals surface area contributed by atoms with Gasteiger partial charge in [0.1, 0.15) is 0 Å². The minimum Gasteiger partial charge on any atom is -0.465 e. The quantitative estimate of drug-likeness (QED) is 0.206. The van der Waals surface area contributed by atoms with Crippen molar-refractivity contribution in [2.75, 3.05) is 39.9 Å². The average Bonchev–Trinajstić information content (AvgIpc) is 3.07. The van der Waals surface area contributed by atoms with Crippen molar-refractivity contribution >= 4 is 23.7 Å². The van der Waals surface area contributed by atoms with Crippen LogP contribution in [0, 0.1) is 5.92 Å². The number of hydrogen-bond acceptors (Lipinski definition) is 5. The Bertz CT molecular complexity index is 746. The van der Waals surface area contributed by atoms with E-state index in [1.807, 2.05) is 24.3 Å². The standard InChI is InChI=1S/C24H39ClN4O5/c1-29(23(30)28-22(16-27-33)14-18-6-2-3-13-34-17-18)12-10-19(8-5-11-26-24(31)32)20-7-4-9-21(25)15-20/h4,7,9,15,18-19,22,26-27,33H,2-3,5-6,8,10-14,16-17H2,1H3,(H,28,30)(H,31,32)/t18-,19?,22+/m1/s1. The van der Waals surface area contributed by atoms with Gasteiger partial charge in [0.15, 0.2) is 0 Å². The van der Waals surface area contributed by atoms with Crippen LogP contribution >= 0.6 is 11.6 Å². The van der Waals surface area contributed by atoms with Crippen LogP contribution < -0.4 is 16.1 Å². The number of halogens is 1. The number of amides is 3. The number of carbonyl (C=O) groups excluding carboxylic acids is 1. The second-order valence-corrected chi connectivity index (χ2v) is 9.45. The number of rotatable bonds is 13. The van der Waals surface area contributed by atoms with Crippen molar-refractivity contribution in [3.63, 3.8) is 0 Å². The molecule has 1 unspecified atom stereocenters. The molecule has 192 valence electrons. The molecule has 10 heteroatoms. The van der Waals surface area contributed by atoms with E-state index in [-0.39, 0.29) is 24.5 Å². The van der Waals surface area contributed by atoms with Crippen LogP contribution in [-0.2, 0) is 4.74 Å². The third-order valence-electron chi connectivity index (χ3n) is 6.27. The number of urea groups is 1. The Morgan fingerprint density at radius 1 is 1.29 bits per heavy atom. The molecule has 3 atom stereocenters. The van der Waals surface area contributed by atoms with Gasteiger partial charge in [-0.15, -0.1) is 0 Å². The van der Waals surface area contributed by atoms with Gasteiger partial charge in [0.25, 0.3) is 0 Å². The summed E-state index contributed by atoms with van der Waals surface area (Å²) in [5.74, 6) is 0.501. The Balaban J connectivity index is 1.90. The summed E-state index contributed by atoms with van der Waals surface area (Å²) in [6.45, 7) is 2.66. The number of carbonyl (C=O) groups is 2. The maximum absolute atomic E-state index is 12.9. The molecule has 0 saturated carbocycles. The van der Waals surface area contributed by atoms with Crippen molar-refractivity contribution < 1.29 is 24.6 Å². The fraction of sp³-hybridized carbons (Fsp3) is 0.667. The summed E-state index contributed by atoms with van der Waals surface area (Å²) in [5.41, 5.74) is 3.27. The molecule has 3 amide bonds. The molecule has 1 aliphatic heterocycles. The van der Waals surface area contributed by atoms with Crippen LogP contribution in [0.15, 0.2) is 24.3 Å². The van der Waals surface area contributed by atoms with E-state index in [0.29, 0.717) is 37.1 Å². The van der Waals surface area contributed by atoms with Gasteiger partial charge >= 0.3 is 12.1 Å². The Morgan fingerprint density at radius 3 is 2.85 bits per heavy atom. The van der Waals surface area contributed by atoms with Crippen LogP contribution in [-0.4, -0.2) is 73.3 Å². The van der Waals surface area contributed by atoms with Crippen LogP contribution in [0.3, 0.4) is 0 Å². The molecule has 9 nitrogen and oxygen atoms in total. The zero-order valence-electron chi connectivity index (χ0n) is 20.0. The fourth-order valence-electron chi connectivity index (χ4n) is 4.38. The molecule has 1 aromatic rings. The number of carboxylic acid groups (broad SMARTS) is 1. The number of benzene rings is 1. The highest BCUT2D eigenvalue weighted by molar-refractivity contribution is 6.30. The van der Waals surface area contributed by atoms with E-state index >= 15 is 0 Å². The average molecular weight is 499 g/mol. The van der Waals surface area contributed by atoms with E-state index in [9.17, 15) is 14.8 Å². The highest BCUT2D eigenvalue weighted by Crippen LogP contribution is 2.27. The maximum atomic E-state index is 12.9. The third-order valence-corrected chi connectivity index (χ3v) is 6.51. The van der Waals surface area contributed by atoms with Crippen molar-refractivity contribution in [2.24, 2.45) is 5.92 Å². The van der Waals surface area contributed by atoms with E-state index in [0.717, 1.165) is 50.7 Å². The van der Waals surface area contributed by atoms with Crippen molar-refractivity contribution in [3.8, 4) is 0 Å². The summed E-state index contributed by atoms with van der Waals surface area (Å²) in [4.78, 5) is 25.2. The summed E-state index contributed by atoms with van der Waals surface area (Å²) >= 11 is 6.18. The minimum atomic E-state index is -1.03. The molecule has 0 aliphatic carbocycles. The van der Waals surface area contributed by atoms with Crippen LogP contribution in [0.2, 0.25) is 5.02 Å². The lowest BCUT2D eigenvalue weighted by atomic mass is 9.91. The van der Waals surface area contributed by atoms with E-state index in [1.165, 1.54) is 0 Å². The van der Waals surface area contributed by atoms with Gasteiger partial charge in [0.2, 0.25) is 0 Å². The largest absolute Gasteiger partial charge is 0.465 e. The summed E-state index contributed by atoms with van der Waals surface area (Å²) in [6.07, 6.45) is 5.14. The molecular weight excluding hydrogens is 460 g/mol. The first-order valence-electron chi connectivity index (χ1n) is 12.1. The van der Waals surface area contributed by atoms with Gasteiger partial charge in [0, 0.05) is 51.0 Å². The molecule has 1 fully saturated rings. The number of ether oxygens (including phenoxy) is 1. The van der Waals surface area contributed by atoms with Gasteiger partial charge in [-0.25, -0.2) is 15.1 Å². The summed E-state index contributed by atoms with van der Waals surface area (Å²) < 4.78 is 5.65. The lowest BCUT2D eigenvalue weighted by Crippen LogP contribution is -2.48. The molecule has 34 heavy (non-hydrogen) atoms. The van der Waals surface area contributed by atoms with E-state index < -0.39 is 6.09 Å². The van der Waals surface area contributed by atoms with Crippen molar-refractivity contribution in [1.29, 1.82) is 0 Å². The molecule has 0 radical (unpaired) electrons. The zero-order valence-corrected chi connectivity index (χ0v) is 20.7. The normalized spacial score (nSPS) is 17.9. The van der Waals surface area contributed by atoms with Crippen LogP contribution in [0.4, 0.5) is 9.59 Å². The Morgan fingerprint density at radius 2 is 2.12 bits per heavy atom. The number of nitrogens with zero attached hydrogens (tertiary/aromatic N) is 1. The Labute approximate surface area is 207 Å². The van der Waals surface area contributed by atoms with Crippen molar-refractivity contribution in [1.82, 2.24) is 21.0 Å². The SMILES string of the molecule is CN(CCC(CCCNC(=O)O)c1cccc(Cl)c1)C(=O)N[C@H](CNO)C[C@H]1CCCCOC1. The molecule has 1 heterocycles. The smallest absolute Gasteiger partial charge is 0.404 e. The van der Waals surface area contributed by atoms with E-state index in [4.69, 9.17) is 21.4 Å². The molecule has 2 rings (SSSR count). The molecule has 1 aliphatic rings. The third kappa shape index (κ3) is 10.9. The first kappa shape index (κ1) is 28.2. The van der Waals surface area contributed by atoms with Gasteiger partial charge < -0.3 is 30.6 Å². The van der Waals surface area contributed by atoms with Gasteiger partial charge in [-0.3, -0.25) is 0 Å². The summed E-state index contributed by atoms with van der Waals surface area (Å²) in [7, 11) is 1.76. The van der Waals surface area contributed by atoms with Gasteiger partial charge in [-0.05, 0) is 68.1 Å². The predicted molar refractivity (Wildman–Crippen MR) is 132 cm³/mol. The number of nitrogens with one attached hydrogen (secondary N) is 3. The monoisotopic (exact) mass is 498 g/mol. The summed E-state index contributed by atoms with van der Waals surface area (Å²) in [6, 6.07) is 7.28. The molecule has 0 bridgehead atoms. The molecule has 0 spiro atoms. The second-order valence-electron chi connectivity index (χ2n) is 9.02. The summed E-state index contributed by atoms with van der Waals surface area (Å²) in [5, 5.41) is 24.1. The van der Waals surface area contributed by atoms with Crippen LogP contribution in [0.5, 0.6) is 0 Å². The molecule has 5 N–H and O–H groups in total. The van der Waals surface area contributed by atoms with Crippen molar-refractivity contribution in [3.05, 3.63) is 34.9 Å². The number of hydroxylamine groups is 1. The van der Waals surface area contributed by atoms with Crippen molar-refractivity contribution in [2.45, 2.75) is 56.9 Å².